The first-order valence-corrected chi connectivity index (χ1v) is 11.3. The maximum absolute atomic E-state index is 12.8. The van der Waals surface area contributed by atoms with Crippen molar-refractivity contribution in [3.63, 3.8) is 0 Å². The van der Waals surface area contributed by atoms with Crippen LogP contribution < -0.4 is 19.6 Å². The van der Waals surface area contributed by atoms with Gasteiger partial charge >= 0.3 is 18.2 Å². The largest absolute Gasteiger partial charge is 0.446 e. The minimum Gasteiger partial charge on any atom is -0.446 e. The fraction of sp³-hybridized carbons (Fsp3) is 0.0357. The zero-order valence-corrected chi connectivity index (χ0v) is 19.7. The van der Waals surface area contributed by atoms with Gasteiger partial charge in [-0.3, -0.25) is 4.79 Å². The van der Waals surface area contributed by atoms with Gasteiger partial charge in [0.1, 0.15) is 17.2 Å². The van der Waals surface area contributed by atoms with Crippen LogP contribution in [0.15, 0.2) is 114 Å². The number of nitrogens with zero attached hydrogens (tertiary/aromatic N) is 1. The van der Waals surface area contributed by atoms with Crippen LogP contribution in [0.4, 0.5) is 0 Å². The Morgan fingerprint density at radius 2 is 1.31 bits per heavy atom. The van der Waals surface area contributed by atoms with Crippen molar-refractivity contribution in [1.29, 1.82) is 0 Å². The number of rotatable bonds is 9. The van der Waals surface area contributed by atoms with Crippen molar-refractivity contribution in [2.75, 3.05) is 0 Å². The van der Waals surface area contributed by atoms with E-state index in [4.69, 9.17) is 25.8 Å². The number of halogens is 1. The van der Waals surface area contributed by atoms with Crippen LogP contribution in [0, 0.1) is 0 Å². The molecule has 180 valence electrons. The van der Waals surface area contributed by atoms with Gasteiger partial charge in [0.25, 0.3) is 0 Å². The van der Waals surface area contributed by atoms with Crippen molar-refractivity contribution >= 4 is 29.7 Å². The second-order valence-electron chi connectivity index (χ2n) is 7.36. The van der Waals surface area contributed by atoms with Crippen molar-refractivity contribution < 1.29 is 23.8 Å². The Labute approximate surface area is 212 Å². The number of carbonyl (C=O) groups is 2. The summed E-state index contributed by atoms with van der Waals surface area (Å²) in [5.41, 5.74) is 3.24. The maximum atomic E-state index is 12.8. The molecule has 0 spiro atoms. The first kappa shape index (κ1) is 24.5. The standard InChI is InChI=1S/C28H21ClN2O5/c29-22-17-15-20(16-18-22)27(33)36-25-14-8-7-9-21(25)19-30-31-26(32)28(34-23-10-3-1-4-11-23)35-24-12-5-2-6-13-24/h1-19,28H,(H,31,32). The monoisotopic (exact) mass is 500 g/mol. The second-order valence-corrected chi connectivity index (χ2v) is 7.80. The molecule has 0 saturated carbocycles. The highest BCUT2D eigenvalue weighted by atomic mass is 35.5. The van der Waals surface area contributed by atoms with Crippen LogP contribution in [0.5, 0.6) is 17.2 Å². The number of carbonyl (C=O) groups excluding carboxylic acids is 2. The van der Waals surface area contributed by atoms with Gasteiger partial charge in [0.15, 0.2) is 0 Å². The lowest BCUT2D eigenvalue weighted by molar-refractivity contribution is -0.140. The molecular formula is C28H21ClN2O5. The van der Waals surface area contributed by atoms with Gasteiger partial charge in [-0.2, -0.15) is 5.10 Å². The number of benzene rings is 4. The molecule has 0 heterocycles. The van der Waals surface area contributed by atoms with Crippen LogP contribution in [0.25, 0.3) is 0 Å². The SMILES string of the molecule is O=C(Oc1ccccc1C=NNC(=O)C(Oc1ccccc1)Oc1ccccc1)c1ccc(Cl)cc1. The molecule has 0 saturated heterocycles. The molecule has 0 unspecified atom stereocenters. The first-order valence-electron chi connectivity index (χ1n) is 10.9. The zero-order chi connectivity index (χ0) is 25.2. The molecule has 4 aromatic rings. The highest BCUT2D eigenvalue weighted by Gasteiger charge is 2.22. The lowest BCUT2D eigenvalue weighted by atomic mass is 10.2. The summed E-state index contributed by atoms with van der Waals surface area (Å²) in [6, 6.07) is 30.8. The van der Waals surface area contributed by atoms with E-state index >= 15 is 0 Å². The third kappa shape index (κ3) is 6.94. The number of para-hydroxylation sites is 3. The number of amides is 1. The Morgan fingerprint density at radius 3 is 1.92 bits per heavy atom. The van der Waals surface area contributed by atoms with Crippen LogP contribution in [-0.4, -0.2) is 24.4 Å². The second kappa shape index (κ2) is 12.2. The van der Waals surface area contributed by atoms with Crippen molar-refractivity contribution in [2.45, 2.75) is 6.29 Å². The highest BCUT2D eigenvalue weighted by Crippen LogP contribution is 2.19. The minimum atomic E-state index is -1.30. The number of esters is 1. The molecule has 8 heteroatoms. The molecule has 0 aliphatic heterocycles. The van der Waals surface area contributed by atoms with Gasteiger partial charge in [0.05, 0.1) is 11.8 Å². The summed E-state index contributed by atoms with van der Waals surface area (Å²) < 4.78 is 17.0. The predicted molar refractivity (Wildman–Crippen MR) is 137 cm³/mol. The van der Waals surface area contributed by atoms with Crippen LogP contribution in [0.3, 0.4) is 0 Å². The molecule has 1 N–H and O–H groups in total. The number of hydrogen-bond acceptors (Lipinski definition) is 6. The molecule has 0 aromatic heterocycles. The molecule has 0 fully saturated rings. The van der Waals surface area contributed by atoms with Crippen LogP contribution in [0.2, 0.25) is 5.02 Å². The lowest BCUT2D eigenvalue weighted by Crippen LogP contribution is -2.40. The summed E-state index contributed by atoms with van der Waals surface area (Å²) >= 11 is 5.88. The minimum absolute atomic E-state index is 0.271. The van der Waals surface area contributed by atoms with Crippen molar-refractivity contribution in [1.82, 2.24) is 5.43 Å². The molecule has 0 radical (unpaired) electrons. The average Bonchev–Trinajstić information content (AvgIpc) is 2.91. The normalized spacial score (nSPS) is 10.7. The van der Waals surface area contributed by atoms with E-state index in [0.717, 1.165) is 0 Å². The van der Waals surface area contributed by atoms with Crippen LogP contribution in [0.1, 0.15) is 15.9 Å². The molecular weight excluding hydrogens is 480 g/mol. The van der Waals surface area contributed by atoms with E-state index < -0.39 is 18.2 Å². The van der Waals surface area contributed by atoms with E-state index in [1.807, 2.05) is 12.1 Å². The van der Waals surface area contributed by atoms with Gasteiger partial charge in [0.2, 0.25) is 0 Å². The molecule has 0 bridgehead atoms. The molecule has 4 rings (SSSR count). The summed E-state index contributed by atoms with van der Waals surface area (Å²) in [5.74, 6) is 0.000779. The number of hydrogen-bond donors (Lipinski definition) is 1. The number of hydrazone groups is 1. The van der Waals surface area contributed by atoms with Crippen LogP contribution in [-0.2, 0) is 4.79 Å². The third-order valence-electron chi connectivity index (χ3n) is 4.77. The highest BCUT2D eigenvalue weighted by molar-refractivity contribution is 6.30. The molecule has 4 aromatic carbocycles. The van der Waals surface area contributed by atoms with Crippen LogP contribution >= 0.6 is 11.6 Å². The predicted octanol–water partition coefficient (Wildman–Crippen LogP) is 5.49. The van der Waals surface area contributed by atoms with E-state index in [9.17, 15) is 9.59 Å². The Kier molecular flexibility index (Phi) is 8.30. The van der Waals surface area contributed by atoms with E-state index in [2.05, 4.69) is 10.5 Å². The molecule has 0 aliphatic rings. The number of ether oxygens (including phenoxy) is 3. The third-order valence-corrected chi connectivity index (χ3v) is 5.02. The first-order chi connectivity index (χ1) is 17.6. The Balaban J connectivity index is 1.44. The van der Waals surface area contributed by atoms with E-state index in [0.29, 0.717) is 27.6 Å². The zero-order valence-electron chi connectivity index (χ0n) is 18.9. The van der Waals surface area contributed by atoms with Crippen molar-refractivity contribution in [2.24, 2.45) is 5.10 Å². The quantitative estimate of drug-likeness (QED) is 0.108. The maximum Gasteiger partial charge on any atom is 0.343 e. The molecule has 7 nitrogen and oxygen atoms in total. The Bertz CT molecular complexity index is 1290. The van der Waals surface area contributed by atoms with Gasteiger partial charge < -0.3 is 14.2 Å². The smallest absolute Gasteiger partial charge is 0.343 e. The summed E-state index contributed by atoms with van der Waals surface area (Å²) in [4.78, 5) is 25.3. The fourth-order valence-electron chi connectivity index (χ4n) is 3.02. The van der Waals surface area contributed by atoms with Crippen molar-refractivity contribution in [3.05, 3.63) is 125 Å². The van der Waals surface area contributed by atoms with E-state index in [1.54, 1.807) is 97.1 Å². The summed E-state index contributed by atoms with van der Waals surface area (Å²) in [7, 11) is 0. The molecule has 36 heavy (non-hydrogen) atoms. The molecule has 0 aliphatic carbocycles. The molecule has 0 atom stereocenters. The van der Waals surface area contributed by atoms with Gasteiger partial charge in [0, 0.05) is 10.6 Å². The van der Waals surface area contributed by atoms with Gasteiger partial charge in [-0.15, -0.1) is 0 Å². The van der Waals surface area contributed by atoms with E-state index in [-0.39, 0.29) is 5.75 Å². The summed E-state index contributed by atoms with van der Waals surface area (Å²) in [5, 5.41) is 4.52. The average molecular weight is 501 g/mol. The molecule has 1 amide bonds. The summed E-state index contributed by atoms with van der Waals surface area (Å²) in [6.45, 7) is 0. The topological polar surface area (TPSA) is 86.2 Å². The van der Waals surface area contributed by atoms with Gasteiger partial charge in [-0.1, -0.05) is 60.1 Å². The van der Waals surface area contributed by atoms with Gasteiger partial charge in [-0.25, -0.2) is 10.2 Å². The van der Waals surface area contributed by atoms with Crippen molar-refractivity contribution in [3.8, 4) is 17.2 Å². The Morgan fingerprint density at radius 1 is 0.750 bits per heavy atom. The number of nitrogens with one attached hydrogen (secondary N) is 1. The van der Waals surface area contributed by atoms with E-state index in [1.165, 1.54) is 6.21 Å². The lowest BCUT2D eigenvalue weighted by Gasteiger charge is -2.18. The fourth-order valence-corrected chi connectivity index (χ4v) is 3.15. The Hall–Kier alpha value is -4.62. The van der Waals surface area contributed by atoms with Gasteiger partial charge in [-0.05, 0) is 60.7 Å². The summed E-state index contributed by atoms with van der Waals surface area (Å²) in [6.07, 6.45) is 0.0646.